The molecule has 1 unspecified atom stereocenters. The molecule has 1 N–H and O–H groups in total. The number of carbonyl (C=O) groups excluding carboxylic acids is 1. The number of hydrogen-bond acceptors (Lipinski definition) is 3. The molecule has 0 radical (unpaired) electrons. The van der Waals surface area contributed by atoms with E-state index >= 15 is 0 Å². The second-order valence-electron chi connectivity index (χ2n) is 5.53. The van der Waals surface area contributed by atoms with E-state index in [9.17, 15) is 4.79 Å². The fourth-order valence-electron chi connectivity index (χ4n) is 2.33. The van der Waals surface area contributed by atoms with E-state index in [-0.39, 0.29) is 5.91 Å². The molecule has 0 aliphatic rings. The van der Waals surface area contributed by atoms with Gasteiger partial charge in [0, 0.05) is 0 Å². The summed E-state index contributed by atoms with van der Waals surface area (Å²) in [6, 6.07) is 21.5. The molecule has 0 fully saturated rings. The van der Waals surface area contributed by atoms with E-state index in [2.05, 4.69) is 32.5 Å². The van der Waals surface area contributed by atoms with Gasteiger partial charge in [0.15, 0.2) is 6.10 Å². The Morgan fingerprint density at radius 2 is 1.80 bits per heavy atom. The summed E-state index contributed by atoms with van der Waals surface area (Å²) in [4.78, 5) is 12.1. The lowest BCUT2D eigenvalue weighted by molar-refractivity contribution is -0.127. The molecule has 3 aromatic rings. The number of carbonyl (C=O) groups is 1. The smallest absolute Gasteiger partial charge is 0.280 e. The van der Waals surface area contributed by atoms with Gasteiger partial charge in [-0.3, -0.25) is 4.79 Å². The predicted molar refractivity (Wildman–Crippen MR) is 104 cm³/mol. The average Bonchev–Trinajstić information content (AvgIpc) is 2.63. The van der Waals surface area contributed by atoms with E-state index in [1.54, 1.807) is 19.2 Å². The Bertz CT molecular complexity index is 924. The normalized spacial score (nSPS) is 12.2. The minimum Gasteiger partial charge on any atom is -0.480 e. The van der Waals surface area contributed by atoms with Crippen LogP contribution in [0.1, 0.15) is 12.5 Å². The number of fused-ring (bicyclic) bond motifs is 1. The summed E-state index contributed by atoms with van der Waals surface area (Å²) in [5.74, 6) is 0.302. The van der Waals surface area contributed by atoms with Crippen molar-refractivity contribution in [3.05, 3.63) is 76.8 Å². The number of halogens is 1. The molecule has 0 saturated heterocycles. The number of amides is 1. The maximum Gasteiger partial charge on any atom is 0.280 e. The molecule has 4 nitrogen and oxygen atoms in total. The van der Waals surface area contributed by atoms with E-state index in [1.165, 1.54) is 5.39 Å². The van der Waals surface area contributed by atoms with E-state index in [0.29, 0.717) is 5.75 Å². The van der Waals surface area contributed by atoms with Crippen molar-refractivity contribution in [2.24, 2.45) is 5.10 Å². The molecule has 0 bridgehead atoms. The third kappa shape index (κ3) is 4.45. The van der Waals surface area contributed by atoms with E-state index in [1.807, 2.05) is 54.6 Å². The van der Waals surface area contributed by atoms with Crippen molar-refractivity contribution in [2.75, 3.05) is 0 Å². The second-order valence-corrected chi connectivity index (χ2v) is 6.39. The quantitative estimate of drug-likeness (QED) is 0.509. The van der Waals surface area contributed by atoms with Crippen LogP contribution < -0.4 is 10.2 Å². The van der Waals surface area contributed by atoms with E-state index < -0.39 is 6.10 Å². The topological polar surface area (TPSA) is 50.7 Å². The SMILES string of the molecule is CC(Oc1ccccc1Br)C(=O)NN=Cc1ccc2ccccc2c1. The van der Waals surface area contributed by atoms with E-state index in [4.69, 9.17) is 4.74 Å². The maximum atomic E-state index is 12.1. The third-order valence-electron chi connectivity index (χ3n) is 3.67. The Hall–Kier alpha value is -2.66. The molecular formula is C20H17BrN2O2. The van der Waals surface area contributed by atoms with Crippen molar-refractivity contribution in [2.45, 2.75) is 13.0 Å². The van der Waals surface area contributed by atoms with Crippen LogP contribution in [0, 0.1) is 0 Å². The van der Waals surface area contributed by atoms with Crippen LogP contribution in [0.2, 0.25) is 0 Å². The van der Waals surface area contributed by atoms with Gasteiger partial charge >= 0.3 is 0 Å². The molecule has 0 spiro atoms. The summed E-state index contributed by atoms with van der Waals surface area (Å²) < 4.78 is 6.43. The van der Waals surface area contributed by atoms with Gasteiger partial charge in [-0.1, -0.05) is 48.5 Å². The van der Waals surface area contributed by atoms with Gasteiger partial charge in [0.2, 0.25) is 0 Å². The first-order valence-corrected chi connectivity index (χ1v) is 8.66. The molecule has 126 valence electrons. The molecule has 5 heteroatoms. The van der Waals surface area contributed by atoms with Crippen molar-refractivity contribution >= 4 is 38.8 Å². The minimum absolute atomic E-state index is 0.312. The Balaban J connectivity index is 1.60. The molecule has 0 heterocycles. The van der Waals surface area contributed by atoms with Gasteiger partial charge in [0.1, 0.15) is 5.75 Å². The average molecular weight is 397 g/mol. The van der Waals surface area contributed by atoms with Gasteiger partial charge in [-0.2, -0.15) is 5.10 Å². The van der Waals surface area contributed by atoms with Gasteiger partial charge in [0.25, 0.3) is 5.91 Å². The molecule has 0 aromatic heterocycles. The zero-order valence-electron chi connectivity index (χ0n) is 13.6. The van der Waals surface area contributed by atoms with Crippen LogP contribution in [0.25, 0.3) is 10.8 Å². The Morgan fingerprint density at radius 3 is 2.60 bits per heavy atom. The predicted octanol–water partition coefficient (Wildman–Crippen LogP) is 4.52. The molecule has 25 heavy (non-hydrogen) atoms. The molecule has 0 aliphatic carbocycles. The Kier molecular flexibility index (Phi) is 5.46. The molecule has 1 atom stereocenters. The third-order valence-corrected chi connectivity index (χ3v) is 4.33. The fraction of sp³-hybridized carbons (Fsp3) is 0.100. The van der Waals surface area contributed by atoms with Crippen molar-refractivity contribution in [3.8, 4) is 5.75 Å². The van der Waals surface area contributed by atoms with Crippen molar-refractivity contribution in [3.63, 3.8) is 0 Å². The van der Waals surface area contributed by atoms with E-state index in [0.717, 1.165) is 15.4 Å². The van der Waals surface area contributed by atoms with Crippen LogP contribution >= 0.6 is 15.9 Å². The number of hydrogen-bond donors (Lipinski definition) is 1. The van der Waals surface area contributed by atoms with Crippen molar-refractivity contribution < 1.29 is 9.53 Å². The van der Waals surface area contributed by atoms with Crippen LogP contribution in [0.5, 0.6) is 5.75 Å². The summed E-state index contributed by atoms with van der Waals surface area (Å²) in [5.41, 5.74) is 3.42. The number of benzene rings is 3. The first kappa shape index (κ1) is 17.2. The molecule has 0 aliphatic heterocycles. The van der Waals surface area contributed by atoms with Gasteiger partial charge in [-0.15, -0.1) is 0 Å². The van der Waals surface area contributed by atoms with Gasteiger partial charge in [-0.25, -0.2) is 5.43 Å². The van der Waals surface area contributed by atoms with Crippen LogP contribution in [0.15, 0.2) is 76.3 Å². The lowest BCUT2D eigenvalue weighted by Crippen LogP contribution is -2.33. The van der Waals surface area contributed by atoms with Gasteiger partial charge in [0.05, 0.1) is 10.7 Å². The van der Waals surface area contributed by atoms with Crippen LogP contribution in [-0.4, -0.2) is 18.2 Å². The highest BCUT2D eigenvalue weighted by Crippen LogP contribution is 2.24. The Labute approximate surface area is 154 Å². The second kappa shape index (κ2) is 7.94. The number of nitrogens with zero attached hydrogens (tertiary/aromatic N) is 1. The van der Waals surface area contributed by atoms with Gasteiger partial charge < -0.3 is 4.74 Å². The molecule has 3 aromatic carbocycles. The first-order chi connectivity index (χ1) is 12.1. The van der Waals surface area contributed by atoms with Gasteiger partial charge in [-0.05, 0) is 57.4 Å². The minimum atomic E-state index is -0.660. The number of para-hydroxylation sites is 1. The standard InChI is InChI=1S/C20H17BrN2O2/c1-14(25-19-9-5-4-8-18(19)21)20(24)23-22-13-15-10-11-16-6-2-3-7-17(16)12-15/h2-14H,1H3,(H,23,24). The van der Waals surface area contributed by atoms with Crippen LogP contribution in [-0.2, 0) is 4.79 Å². The lowest BCUT2D eigenvalue weighted by Gasteiger charge is -2.13. The highest BCUT2D eigenvalue weighted by Gasteiger charge is 2.15. The number of nitrogens with one attached hydrogen (secondary N) is 1. The zero-order valence-corrected chi connectivity index (χ0v) is 15.2. The van der Waals surface area contributed by atoms with Crippen molar-refractivity contribution in [1.82, 2.24) is 5.43 Å². The maximum absolute atomic E-state index is 12.1. The molecule has 0 saturated carbocycles. The first-order valence-electron chi connectivity index (χ1n) is 7.86. The monoisotopic (exact) mass is 396 g/mol. The fourth-order valence-corrected chi connectivity index (χ4v) is 2.71. The summed E-state index contributed by atoms with van der Waals surface area (Å²) in [5, 5.41) is 6.31. The summed E-state index contributed by atoms with van der Waals surface area (Å²) in [6.45, 7) is 1.68. The molecule has 3 rings (SSSR count). The molecule has 1 amide bonds. The highest BCUT2D eigenvalue weighted by molar-refractivity contribution is 9.10. The number of ether oxygens (including phenoxy) is 1. The zero-order chi connectivity index (χ0) is 17.6. The van der Waals surface area contributed by atoms with Crippen molar-refractivity contribution in [1.29, 1.82) is 0 Å². The molecular weight excluding hydrogens is 380 g/mol. The summed E-state index contributed by atoms with van der Waals surface area (Å²) >= 11 is 3.39. The lowest BCUT2D eigenvalue weighted by atomic mass is 10.1. The number of hydrazone groups is 1. The van der Waals surface area contributed by atoms with Crippen LogP contribution in [0.4, 0.5) is 0 Å². The van der Waals surface area contributed by atoms with Crippen LogP contribution in [0.3, 0.4) is 0 Å². The Morgan fingerprint density at radius 1 is 1.08 bits per heavy atom. The summed E-state index contributed by atoms with van der Waals surface area (Å²) in [7, 11) is 0. The largest absolute Gasteiger partial charge is 0.480 e. The highest BCUT2D eigenvalue weighted by atomic mass is 79.9. The number of rotatable bonds is 5. The summed E-state index contributed by atoms with van der Waals surface area (Å²) in [6.07, 6.45) is 0.961.